The molecule has 1 aliphatic heterocycles. The summed E-state index contributed by atoms with van der Waals surface area (Å²) >= 11 is 1.61. The maximum atomic E-state index is 11.9. The van der Waals surface area contributed by atoms with Crippen LogP contribution in [0.3, 0.4) is 0 Å². The van der Waals surface area contributed by atoms with Gasteiger partial charge in [0, 0.05) is 30.7 Å². The van der Waals surface area contributed by atoms with Crippen LogP contribution in [0.5, 0.6) is 0 Å². The number of hydrogen-bond donors (Lipinski definition) is 2. The zero-order valence-electron chi connectivity index (χ0n) is 12.8. The van der Waals surface area contributed by atoms with Crippen LogP contribution in [-0.4, -0.2) is 40.2 Å². The van der Waals surface area contributed by atoms with Crippen molar-refractivity contribution < 1.29 is 4.79 Å². The topological polar surface area (TPSA) is 58.4 Å². The smallest absolute Gasteiger partial charge is 0.230 e. The molecule has 2 N–H and O–H groups in total. The van der Waals surface area contributed by atoms with Crippen molar-refractivity contribution in [3.8, 4) is 0 Å². The molecule has 0 spiro atoms. The molecule has 1 amide bonds. The summed E-state index contributed by atoms with van der Waals surface area (Å²) < 4.78 is 2.04. The Morgan fingerprint density at radius 1 is 1.50 bits per heavy atom. The van der Waals surface area contributed by atoms with Crippen LogP contribution in [-0.2, 0) is 10.5 Å². The maximum Gasteiger partial charge on any atom is 0.230 e. The Morgan fingerprint density at radius 2 is 2.41 bits per heavy atom. The summed E-state index contributed by atoms with van der Waals surface area (Å²) in [5.74, 6) is 1.37. The van der Waals surface area contributed by atoms with Crippen molar-refractivity contribution in [2.75, 3.05) is 18.8 Å². The third-order valence-electron chi connectivity index (χ3n) is 3.79. The van der Waals surface area contributed by atoms with Crippen molar-refractivity contribution in [1.29, 1.82) is 0 Å². The van der Waals surface area contributed by atoms with E-state index < -0.39 is 0 Å². The molecule has 3 rings (SSSR count). The first-order valence-corrected chi connectivity index (χ1v) is 8.88. The van der Waals surface area contributed by atoms with Gasteiger partial charge in [0.1, 0.15) is 5.65 Å². The quantitative estimate of drug-likeness (QED) is 0.882. The number of piperidine rings is 1. The van der Waals surface area contributed by atoms with Gasteiger partial charge in [-0.25, -0.2) is 4.98 Å². The van der Waals surface area contributed by atoms with Crippen molar-refractivity contribution in [2.45, 2.75) is 31.6 Å². The van der Waals surface area contributed by atoms with E-state index in [1.54, 1.807) is 11.8 Å². The second-order valence-corrected chi connectivity index (χ2v) is 6.79. The number of nitrogens with zero attached hydrogens (tertiary/aromatic N) is 2. The first-order valence-electron chi connectivity index (χ1n) is 7.73. The van der Waals surface area contributed by atoms with E-state index in [9.17, 15) is 4.79 Å². The molecule has 0 aromatic carbocycles. The first-order chi connectivity index (χ1) is 10.7. The molecule has 0 aliphatic carbocycles. The van der Waals surface area contributed by atoms with Crippen LogP contribution in [0.2, 0.25) is 0 Å². The lowest BCUT2D eigenvalue weighted by Gasteiger charge is -2.23. The highest BCUT2D eigenvalue weighted by atomic mass is 32.2. The van der Waals surface area contributed by atoms with Crippen LogP contribution in [0.4, 0.5) is 0 Å². The van der Waals surface area contributed by atoms with Crippen LogP contribution in [0.15, 0.2) is 24.5 Å². The molecule has 5 nitrogen and oxygen atoms in total. The van der Waals surface area contributed by atoms with Crippen molar-refractivity contribution in [2.24, 2.45) is 0 Å². The number of pyridine rings is 1. The van der Waals surface area contributed by atoms with Crippen molar-refractivity contribution in [1.82, 2.24) is 20.0 Å². The van der Waals surface area contributed by atoms with E-state index in [4.69, 9.17) is 0 Å². The minimum absolute atomic E-state index is 0.123. The average molecular weight is 318 g/mol. The number of carbonyl (C=O) groups is 1. The molecular weight excluding hydrogens is 296 g/mol. The van der Waals surface area contributed by atoms with E-state index in [0.717, 1.165) is 43.0 Å². The van der Waals surface area contributed by atoms with Crippen LogP contribution in [0.1, 0.15) is 24.1 Å². The van der Waals surface area contributed by atoms with Gasteiger partial charge in [0.2, 0.25) is 5.91 Å². The summed E-state index contributed by atoms with van der Waals surface area (Å²) in [4.78, 5) is 16.5. The van der Waals surface area contributed by atoms with Gasteiger partial charge in [-0.2, -0.15) is 0 Å². The third kappa shape index (κ3) is 4.01. The lowest BCUT2D eigenvalue weighted by molar-refractivity contribution is -0.119. The van der Waals surface area contributed by atoms with Crippen molar-refractivity contribution in [3.63, 3.8) is 0 Å². The fraction of sp³-hybridized carbons (Fsp3) is 0.500. The molecule has 118 valence electrons. The molecule has 1 unspecified atom stereocenters. The molecule has 0 radical (unpaired) electrons. The molecule has 2 aromatic heterocycles. The summed E-state index contributed by atoms with van der Waals surface area (Å²) in [7, 11) is 0. The minimum atomic E-state index is 0.123. The molecule has 1 atom stereocenters. The van der Waals surface area contributed by atoms with E-state index >= 15 is 0 Å². The number of amides is 1. The zero-order chi connectivity index (χ0) is 15.4. The van der Waals surface area contributed by atoms with Crippen molar-refractivity contribution in [3.05, 3.63) is 35.8 Å². The number of carbonyl (C=O) groups excluding carboxylic acids is 1. The monoisotopic (exact) mass is 318 g/mol. The van der Waals surface area contributed by atoms with Crippen LogP contribution >= 0.6 is 11.8 Å². The average Bonchev–Trinajstić information content (AvgIpc) is 2.90. The van der Waals surface area contributed by atoms with Gasteiger partial charge in [0.25, 0.3) is 0 Å². The summed E-state index contributed by atoms with van der Waals surface area (Å²) in [6.07, 6.45) is 6.32. The molecule has 3 heterocycles. The predicted molar refractivity (Wildman–Crippen MR) is 90.1 cm³/mol. The number of rotatable bonds is 5. The van der Waals surface area contributed by atoms with Gasteiger partial charge in [0.15, 0.2) is 0 Å². The summed E-state index contributed by atoms with van der Waals surface area (Å²) in [6.45, 7) is 4.02. The van der Waals surface area contributed by atoms with E-state index in [-0.39, 0.29) is 5.91 Å². The number of nitrogens with one attached hydrogen (secondary N) is 2. The largest absolute Gasteiger partial charge is 0.351 e. The molecule has 22 heavy (non-hydrogen) atoms. The summed E-state index contributed by atoms with van der Waals surface area (Å²) in [5.41, 5.74) is 3.19. The molecule has 6 heteroatoms. The second kappa shape index (κ2) is 7.15. The number of imidazole rings is 1. The Bertz CT molecular complexity index is 649. The van der Waals surface area contributed by atoms with Crippen molar-refractivity contribution >= 4 is 23.3 Å². The van der Waals surface area contributed by atoms with Crippen LogP contribution < -0.4 is 10.6 Å². The Labute approximate surface area is 134 Å². The molecule has 1 saturated heterocycles. The normalized spacial score (nSPS) is 18.5. The van der Waals surface area contributed by atoms with Gasteiger partial charge in [-0.1, -0.05) is 6.07 Å². The van der Waals surface area contributed by atoms with E-state index in [2.05, 4.69) is 34.8 Å². The predicted octanol–water partition coefficient (Wildman–Crippen LogP) is 1.74. The molecule has 1 fully saturated rings. The van der Waals surface area contributed by atoms with Crippen LogP contribution in [0, 0.1) is 6.92 Å². The van der Waals surface area contributed by atoms with E-state index in [1.165, 1.54) is 5.56 Å². The molecular formula is C16H22N4OS. The highest BCUT2D eigenvalue weighted by molar-refractivity contribution is 7.99. The SMILES string of the molecule is Cc1ccc2nc(CSCC(=O)NC3CCCNC3)cn2c1. The second-order valence-electron chi connectivity index (χ2n) is 5.81. The number of hydrogen-bond acceptors (Lipinski definition) is 4. The minimum Gasteiger partial charge on any atom is -0.351 e. The van der Waals surface area contributed by atoms with Gasteiger partial charge < -0.3 is 15.0 Å². The Kier molecular flexibility index (Phi) is 5.00. The zero-order valence-corrected chi connectivity index (χ0v) is 13.7. The fourth-order valence-electron chi connectivity index (χ4n) is 2.72. The van der Waals surface area contributed by atoms with E-state index in [0.29, 0.717) is 11.8 Å². The maximum absolute atomic E-state index is 11.9. The number of aromatic nitrogens is 2. The van der Waals surface area contributed by atoms with Crippen LogP contribution in [0.25, 0.3) is 5.65 Å². The molecule has 0 bridgehead atoms. The molecule has 0 saturated carbocycles. The Hall–Kier alpha value is -1.53. The third-order valence-corrected chi connectivity index (χ3v) is 4.76. The molecule has 2 aromatic rings. The lowest BCUT2D eigenvalue weighted by Crippen LogP contribution is -2.46. The molecule has 1 aliphatic rings. The lowest BCUT2D eigenvalue weighted by atomic mass is 10.1. The summed E-state index contributed by atoms with van der Waals surface area (Å²) in [5, 5.41) is 6.40. The van der Waals surface area contributed by atoms with E-state index in [1.807, 2.05) is 16.7 Å². The number of aryl methyl sites for hydroxylation is 1. The Morgan fingerprint density at radius 3 is 3.23 bits per heavy atom. The highest BCUT2D eigenvalue weighted by Gasteiger charge is 2.15. The Balaban J connectivity index is 1.46. The van der Waals surface area contributed by atoms with Gasteiger partial charge >= 0.3 is 0 Å². The van der Waals surface area contributed by atoms with Gasteiger partial charge in [0.05, 0.1) is 11.4 Å². The van der Waals surface area contributed by atoms with Gasteiger partial charge in [-0.15, -0.1) is 11.8 Å². The van der Waals surface area contributed by atoms with Gasteiger partial charge in [-0.05, 0) is 37.9 Å². The number of fused-ring (bicyclic) bond motifs is 1. The first kappa shape index (κ1) is 15.4. The highest BCUT2D eigenvalue weighted by Crippen LogP contribution is 2.14. The fourth-order valence-corrected chi connectivity index (χ4v) is 3.44. The standard InChI is InChI=1S/C16H22N4OS/c1-12-4-5-15-18-14(9-20(15)8-12)10-22-11-16(21)19-13-3-2-6-17-7-13/h4-5,8-9,13,17H,2-3,6-7,10-11H2,1H3,(H,19,21). The summed E-state index contributed by atoms with van der Waals surface area (Å²) in [6, 6.07) is 4.37. The number of thioether (sulfide) groups is 1. The van der Waals surface area contributed by atoms with Gasteiger partial charge in [-0.3, -0.25) is 4.79 Å².